The first-order valence-corrected chi connectivity index (χ1v) is 9.86. The van der Waals surface area contributed by atoms with Crippen molar-refractivity contribution >= 4 is 44.7 Å². The minimum absolute atomic E-state index is 0.0767. The predicted octanol–water partition coefficient (Wildman–Crippen LogP) is 4.01. The molecule has 1 aliphatic carbocycles. The fraction of sp³-hybridized carbons (Fsp3) is 0.316. The smallest absolute Gasteiger partial charge is 0.262 e. The number of aryl methyl sites for hydroxylation is 1. The lowest BCUT2D eigenvalue weighted by Gasteiger charge is -2.17. The molecule has 0 radical (unpaired) electrons. The van der Waals surface area contributed by atoms with Crippen molar-refractivity contribution in [2.45, 2.75) is 32.7 Å². The molecule has 1 aromatic carbocycles. The average molecular weight is 406 g/mol. The summed E-state index contributed by atoms with van der Waals surface area (Å²) in [5.41, 5.74) is 1.26. The molecule has 0 unspecified atom stereocenters. The molecule has 140 valence electrons. The van der Waals surface area contributed by atoms with Crippen LogP contribution in [0.5, 0.6) is 0 Å². The number of rotatable bonds is 3. The summed E-state index contributed by atoms with van der Waals surface area (Å²) < 4.78 is 14.5. The third-order valence-electron chi connectivity index (χ3n) is 4.80. The number of amides is 1. The number of benzene rings is 1. The van der Waals surface area contributed by atoms with Crippen molar-refractivity contribution in [2.24, 2.45) is 5.92 Å². The molecule has 4 rings (SSSR count). The van der Waals surface area contributed by atoms with Crippen molar-refractivity contribution in [3.05, 3.63) is 56.2 Å². The summed E-state index contributed by atoms with van der Waals surface area (Å²) in [6, 6.07) is 3.92. The Balaban J connectivity index is 1.60. The minimum Gasteiger partial charge on any atom is -0.324 e. The Morgan fingerprint density at radius 2 is 2.30 bits per heavy atom. The molecule has 8 heteroatoms. The van der Waals surface area contributed by atoms with E-state index in [2.05, 4.69) is 17.2 Å². The zero-order chi connectivity index (χ0) is 19.1. The molecule has 5 nitrogen and oxygen atoms in total. The quantitative estimate of drug-likeness (QED) is 0.716. The number of fused-ring (bicyclic) bond motifs is 3. The Morgan fingerprint density at radius 1 is 1.48 bits per heavy atom. The molecule has 27 heavy (non-hydrogen) atoms. The second-order valence-electron chi connectivity index (χ2n) is 6.89. The maximum Gasteiger partial charge on any atom is 0.262 e. The van der Waals surface area contributed by atoms with Gasteiger partial charge in [0.05, 0.1) is 16.7 Å². The van der Waals surface area contributed by atoms with Crippen LogP contribution in [-0.4, -0.2) is 15.5 Å². The van der Waals surface area contributed by atoms with Gasteiger partial charge in [0.25, 0.3) is 5.56 Å². The Hall–Kier alpha value is -2.25. The highest BCUT2D eigenvalue weighted by Gasteiger charge is 2.23. The van der Waals surface area contributed by atoms with Crippen LogP contribution in [0.1, 0.15) is 23.8 Å². The molecule has 1 aliphatic rings. The molecule has 0 saturated heterocycles. The molecule has 0 fully saturated rings. The summed E-state index contributed by atoms with van der Waals surface area (Å²) >= 11 is 7.30. The lowest BCUT2D eigenvalue weighted by molar-refractivity contribution is -0.116. The van der Waals surface area contributed by atoms with E-state index in [9.17, 15) is 14.0 Å². The van der Waals surface area contributed by atoms with Gasteiger partial charge < -0.3 is 5.32 Å². The van der Waals surface area contributed by atoms with E-state index < -0.39 is 11.7 Å². The monoisotopic (exact) mass is 405 g/mol. The zero-order valence-electron chi connectivity index (χ0n) is 14.6. The Kier molecular flexibility index (Phi) is 4.74. The molecule has 0 saturated carbocycles. The van der Waals surface area contributed by atoms with Crippen molar-refractivity contribution in [2.75, 3.05) is 5.32 Å². The van der Waals surface area contributed by atoms with Crippen molar-refractivity contribution in [3.8, 4) is 0 Å². The standard InChI is InChI=1S/C19H17ClFN3O2S/c1-10-2-4-12-15(6-10)27-18-17(12)19(26)24(9-22-18)8-16(25)23-11-3-5-14(21)13(20)7-11/h3,5,7,9-10H,2,4,6,8H2,1H3,(H,23,25)/t10-/m1/s1. The Bertz CT molecular complexity index is 1110. The molecule has 0 spiro atoms. The van der Waals surface area contributed by atoms with Crippen LogP contribution in [0.25, 0.3) is 10.2 Å². The van der Waals surface area contributed by atoms with E-state index in [0.29, 0.717) is 17.0 Å². The summed E-state index contributed by atoms with van der Waals surface area (Å²) in [6.45, 7) is 2.04. The first kappa shape index (κ1) is 18.1. The maximum absolute atomic E-state index is 13.2. The van der Waals surface area contributed by atoms with Gasteiger partial charge in [0.15, 0.2) is 0 Å². The van der Waals surface area contributed by atoms with Crippen molar-refractivity contribution in [1.82, 2.24) is 9.55 Å². The topological polar surface area (TPSA) is 64.0 Å². The largest absolute Gasteiger partial charge is 0.324 e. The lowest BCUT2D eigenvalue weighted by atomic mass is 9.89. The number of thiophene rings is 1. The number of nitrogens with zero attached hydrogens (tertiary/aromatic N) is 2. The molecule has 2 heterocycles. The minimum atomic E-state index is -0.558. The van der Waals surface area contributed by atoms with E-state index in [1.165, 1.54) is 34.0 Å². The zero-order valence-corrected chi connectivity index (χ0v) is 16.2. The van der Waals surface area contributed by atoms with Gasteiger partial charge >= 0.3 is 0 Å². The van der Waals surface area contributed by atoms with E-state index in [1.807, 2.05) is 0 Å². The molecule has 1 amide bonds. The number of halogens is 2. The van der Waals surface area contributed by atoms with E-state index >= 15 is 0 Å². The van der Waals surface area contributed by atoms with Gasteiger partial charge in [-0.05, 0) is 48.9 Å². The molecule has 0 bridgehead atoms. The highest BCUT2D eigenvalue weighted by atomic mass is 35.5. The first-order valence-electron chi connectivity index (χ1n) is 8.67. The van der Waals surface area contributed by atoms with Crippen LogP contribution in [0.15, 0.2) is 29.3 Å². The van der Waals surface area contributed by atoms with Gasteiger partial charge in [-0.25, -0.2) is 9.37 Å². The predicted molar refractivity (Wildman–Crippen MR) is 105 cm³/mol. The normalized spacial score (nSPS) is 16.3. The van der Waals surface area contributed by atoms with Crippen molar-refractivity contribution < 1.29 is 9.18 Å². The highest BCUT2D eigenvalue weighted by Crippen LogP contribution is 2.35. The van der Waals surface area contributed by atoms with Crippen molar-refractivity contribution in [3.63, 3.8) is 0 Å². The third kappa shape index (κ3) is 3.49. The molecule has 1 N–H and O–H groups in total. The second kappa shape index (κ2) is 7.05. The summed E-state index contributed by atoms with van der Waals surface area (Å²) in [7, 11) is 0. The van der Waals surface area contributed by atoms with Crippen LogP contribution < -0.4 is 10.9 Å². The van der Waals surface area contributed by atoms with Gasteiger partial charge in [0.2, 0.25) is 5.91 Å². The maximum atomic E-state index is 13.2. The Labute approximate surface area is 163 Å². The van der Waals surface area contributed by atoms with E-state index in [1.54, 1.807) is 11.3 Å². The van der Waals surface area contributed by atoms with Crippen molar-refractivity contribution in [1.29, 1.82) is 0 Å². The van der Waals surface area contributed by atoms with E-state index in [-0.39, 0.29) is 17.1 Å². The third-order valence-corrected chi connectivity index (χ3v) is 6.25. The summed E-state index contributed by atoms with van der Waals surface area (Å²) in [5, 5.41) is 3.18. The fourth-order valence-corrected chi connectivity index (χ4v) is 4.93. The van der Waals surface area contributed by atoms with Crippen LogP contribution in [0, 0.1) is 11.7 Å². The molecule has 1 atom stereocenters. The molecular weight excluding hydrogens is 389 g/mol. The van der Waals surface area contributed by atoms with Crippen LogP contribution >= 0.6 is 22.9 Å². The van der Waals surface area contributed by atoms with Crippen LogP contribution in [0.3, 0.4) is 0 Å². The van der Waals surface area contributed by atoms with Crippen LogP contribution in [0.2, 0.25) is 5.02 Å². The number of carbonyl (C=O) groups is 1. The molecule has 3 aromatic rings. The van der Waals surface area contributed by atoms with E-state index in [0.717, 1.165) is 29.7 Å². The lowest BCUT2D eigenvalue weighted by Crippen LogP contribution is -2.28. The fourth-order valence-electron chi connectivity index (χ4n) is 3.41. The van der Waals surface area contributed by atoms with Gasteiger partial charge in [-0.15, -0.1) is 11.3 Å². The first-order chi connectivity index (χ1) is 12.9. The molecule has 2 aromatic heterocycles. The number of anilines is 1. The van der Waals surface area contributed by atoms with Gasteiger partial charge in [0, 0.05) is 10.6 Å². The average Bonchev–Trinajstić information content (AvgIpc) is 2.98. The summed E-state index contributed by atoms with van der Waals surface area (Å²) in [6.07, 6.45) is 4.31. The second-order valence-corrected chi connectivity index (χ2v) is 8.38. The number of hydrogen-bond donors (Lipinski definition) is 1. The summed E-state index contributed by atoms with van der Waals surface area (Å²) in [4.78, 5) is 31.6. The van der Waals surface area contributed by atoms with Crippen LogP contribution in [-0.2, 0) is 24.2 Å². The number of hydrogen-bond acceptors (Lipinski definition) is 4. The van der Waals surface area contributed by atoms with Gasteiger partial charge in [0.1, 0.15) is 17.2 Å². The van der Waals surface area contributed by atoms with Gasteiger partial charge in [-0.3, -0.25) is 14.2 Å². The van der Waals surface area contributed by atoms with Crippen LogP contribution in [0.4, 0.5) is 10.1 Å². The number of carbonyl (C=O) groups excluding carboxylic acids is 1. The van der Waals surface area contributed by atoms with E-state index in [4.69, 9.17) is 11.6 Å². The number of aromatic nitrogens is 2. The molecular formula is C19H17ClFN3O2S. The van der Waals surface area contributed by atoms with Gasteiger partial charge in [-0.2, -0.15) is 0 Å². The number of nitrogens with one attached hydrogen (secondary N) is 1. The summed E-state index contributed by atoms with van der Waals surface area (Å²) in [5.74, 6) is -0.350. The Morgan fingerprint density at radius 3 is 3.07 bits per heavy atom. The SMILES string of the molecule is C[C@@H]1CCc2c(sc3ncn(CC(=O)Nc4ccc(F)c(Cl)c4)c(=O)c23)C1. The highest BCUT2D eigenvalue weighted by molar-refractivity contribution is 7.18. The molecule has 0 aliphatic heterocycles. The van der Waals surface area contributed by atoms with Gasteiger partial charge in [-0.1, -0.05) is 18.5 Å².